The van der Waals surface area contributed by atoms with Crippen LogP contribution < -0.4 is 20.7 Å². The van der Waals surface area contributed by atoms with Gasteiger partial charge in [0.2, 0.25) is 0 Å². The number of para-hydroxylation sites is 1. The van der Waals surface area contributed by atoms with Crippen molar-refractivity contribution in [3.8, 4) is 5.75 Å². The van der Waals surface area contributed by atoms with E-state index in [1.807, 2.05) is 25.1 Å². The molecule has 1 N–H and O–H groups in total. The van der Waals surface area contributed by atoms with Crippen molar-refractivity contribution in [2.75, 3.05) is 12.8 Å². The van der Waals surface area contributed by atoms with Gasteiger partial charge in [-0.15, -0.1) is 0 Å². The zero-order valence-corrected chi connectivity index (χ0v) is 19.6. The van der Waals surface area contributed by atoms with Crippen molar-refractivity contribution in [2.24, 2.45) is 0 Å². The van der Waals surface area contributed by atoms with E-state index in [-0.39, 0.29) is 0 Å². The first-order valence-electron chi connectivity index (χ1n) is 10.2. The molecule has 0 aliphatic rings. The van der Waals surface area contributed by atoms with E-state index >= 15 is 0 Å². The summed E-state index contributed by atoms with van der Waals surface area (Å²) in [5.74, 6) is 0.892. The maximum atomic E-state index is 10.7. The molecule has 3 rings (SSSR count). The summed E-state index contributed by atoms with van der Waals surface area (Å²) in [4.78, 5) is 0. The summed E-state index contributed by atoms with van der Waals surface area (Å²) >= 11 is 4.37. The van der Waals surface area contributed by atoms with E-state index in [9.17, 15) is 5.11 Å². The van der Waals surface area contributed by atoms with Gasteiger partial charge in [0.1, 0.15) is 0 Å². The van der Waals surface area contributed by atoms with E-state index in [2.05, 4.69) is 89.1 Å². The number of hydrogen-bond donors (Lipinski definition) is 1. The average Bonchev–Trinajstić information content (AvgIpc) is 2.75. The van der Waals surface area contributed by atoms with Crippen molar-refractivity contribution in [3.05, 3.63) is 84.9 Å². The Morgan fingerprint density at radius 1 is 0.862 bits per heavy atom. The second-order valence-corrected chi connectivity index (χ2v) is 16.5. The van der Waals surface area contributed by atoms with E-state index in [1.54, 1.807) is 0 Å². The Labute approximate surface area is 182 Å². The van der Waals surface area contributed by atoms with Crippen LogP contribution in [0.15, 0.2) is 84.9 Å². The normalized spacial score (nSPS) is 14.0. The van der Waals surface area contributed by atoms with Crippen molar-refractivity contribution in [1.82, 2.24) is 0 Å². The molecule has 0 spiro atoms. The van der Waals surface area contributed by atoms with E-state index in [0.29, 0.717) is 12.8 Å². The molecule has 0 saturated heterocycles. The molecule has 29 heavy (non-hydrogen) atoms. The van der Waals surface area contributed by atoms with Crippen LogP contribution in [0.25, 0.3) is 0 Å². The van der Waals surface area contributed by atoms with Gasteiger partial charge in [0.15, 0.2) is 0 Å². The summed E-state index contributed by atoms with van der Waals surface area (Å²) in [7, 11) is 0. The summed E-state index contributed by atoms with van der Waals surface area (Å²) < 4.78 is 6.29. The molecule has 1 atom stereocenters. The predicted molar refractivity (Wildman–Crippen MR) is 131 cm³/mol. The number of aliphatic hydroxyl groups is 1. The van der Waals surface area contributed by atoms with E-state index < -0.39 is 11.4 Å². The number of benzene rings is 3. The van der Waals surface area contributed by atoms with Crippen LogP contribution in [0.3, 0.4) is 0 Å². The molecular formula is C25H30BrO2P. The van der Waals surface area contributed by atoms with Gasteiger partial charge in [-0.05, 0) is 0 Å². The molecule has 4 heteroatoms. The van der Waals surface area contributed by atoms with Gasteiger partial charge >= 0.3 is 183 Å². The minimum atomic E-state index is -3.17. The topological polar surface area (TPSA) is 29.5 Å². The van der Waals surface area contributed by atoms with E-state index in [4.69, 9.17) is 4.74 Å². The van der Waals surface area contributed by atoms with Crippen LogP contribution in [0.2, 0.25) is 0 Å². The molecule has 0 amide bonds. The Morgan fingerprint density at radius 3 is 1.90 bits per heavy atom. The van der Waals surface area contributed by atoms with Gasteiger partial charge in [-0.2, -0.15) is 0 Å². The van der Waals surface area contributed by atoms with Crippen LogP contribution in [0.5, 0.6) is 5.75 Å². The summed E-state index contributed by atoms with van der Waals surface area (Å²) in [6.45, 7) is 4.72. The molecule has 0 aliphatic heterocycles. The van der Waals surface area contributed by atoms with Crippen molar-refractivity contribution >= 4 is 36.7 Å². The third-order valence-corrected chi connectivity index (χ3v) is 15.1. The zero-order valence-electron chi connectivity index (χ0n) is 17.2. The third-order valence-electron chi connectivity index (χ3n) is 5.32. The molecule has 0 saturated carbocycles. The van der Waals surface area contributed by atoms with Crippen LogP contribution in [-0.4, -0.2) is 24.0 Å². The van der Waals surface area contributed by atoms with Crippen molar-refractivity contribution < 1.29 is 9.84 Å². The molecule has 0 bridgehead atoms. The zero-order chi connectivity index (χ0) is 20.8. The Kier molecular flexibility index (Phi) is 7.16. The van der Waals surface area contributed by atoms with Gasteiger partial charge in [0, 0.05) is 0 Å². The standard InChI is InChI=1S/C25H30BrO2P/c1-3-4-19-28-24-17-11-12-18-25(24)29(26,20-21(2)27,22-13-7-5-8-14-22)23-15-9-6-10-16-23/h5-18,21,27H,3-4,19-20H2,1-2H3. The van der Waals surface area contributed by atoms with Crippen LogP contribution in [0.1, 0.15) is 26.7 Å². The van der Waals surface area contributed by atoms with Crippen LogP contribution in [0.4, 0.5) is 0 Å². The minimum absolute atomic E-state index is 0.490. The quantitative estimate of drug-likeness (QED) is 0.334. The van der Waals surface area contributed by atoms with Crippen molar-refractivity contribution in [1.29, 1.82) is 0 Å². The number of unbranched alkanes of at least 4 members (excludes halogenated alkanes) is 1. The van der Waals surface area contributed by atoms with Gasteiger partial charge in [-0.1, -0.05) is 0 Å². The van der Waals surface area contributed by atoms with Gasteiger partial charge in [-0.25, -0.2) is 0 Å². The van der Waals surface area contributed by atoms with Crippen LogP contribution >= 0.6 is 20.8 Å². The Bertz CT molecular complexity index is 873. The number of halogens is 1. The van der Waals surface area contributed by atoms with Crippen molar-refractivity contribution in [3.63, 3.8) is 0 Å². The molecule has 2 nitrogen and oxygen atoms in total. The number of rotatable bonds is 9. The fourth-order valence-electron chi connectivity index (χ4n) is 4.00. The van der Waals surface area contributed by atoms with E-state index in [1.165, 1.54) is 10.6 Å². The SMILES string of the molecule is CCCCOc1ccccc1P(Br)(CC(C)O)(c1ccccc1)c1ccccc1. The van der Waals surface area contributed by atoms with Crippen molar-refractivity contribution in [2.45, 2.75) is 32.8 Å². The van der Waals surface area contributed by atoms with Gasteiger partial charge in [0.25, 0.3) is 0 Å². The Hall–Kier alpha value is -1.67. The molecule has 3 aromatic carbocycles. The molecule has 0 aromatic heterocycles. The second-order valence-electron chi connectivity index (χ2n) is 7.56. The van der Waals surface area contributed by atoms with Crippen LogP contribution in [-0.2, 0) is 0 Å². The summed E-state index contributed by atoms with van der Waals surface area (Å²) in [5.41, 5.74) is 0. The number of aliphatic hydroxyl groups excluding tert-OH is 1. The molecule has 0 aliphatic carbocycles. The molecule has 0 fully saturated rings. The summed E-state index contributed by atoms with van der Waals surface area (Å²) in [6, 6.07) is 29.4. The summed E-state index contributed by atoms with van der Waals surface area (Å²) in [6.07, 6.45) is 2.20. The third kappa shape index (κ3) is 4.28. The van der Waals surface area contributed by atoms with Gasteiger partial charge < -0.3 is 0 Å². The molecule has 3 aromatic rings. The number of ether oxygens (including phenoxy) is 1. The Balaban J connectivity index is 2.35. The molecular weight excluding hydrogens is 443 g/mol. The maximum absolute atomic E-state index is 10.7. The predicted octanol–water partition coefficient (Wildman–Crippen LogP) is 5.39. The fraction of sp³-hybridized carbons (Fsp3) is 0.280. The first kappa shape index (κ1) is 22.0. The fourth-order valence-corrected chi connectivity index (χ4v) is 12.6. The van der Waals surface area contributed by atoms with E-state index in [0.717, 1.165) is 23.9 Å². The summed E-state index contributed by atoms with van der Waals surface area (Å²) in [5, 5.41) is 11.0. The molecule has 0 radical (unpaired) electrons. The number of hydrogen-bond acceptors (Lipinski definition) is 2. The first-order valence-corrected chi connectivity index (χ1v) is 14.7. The first-order chi connectivity index (χ1) is 14.0. The average molecular weight is 473 g/mol. The van der Waals surface area contributed by atoms with Gasteiger partial charge in [0.05, 0.1) is 0 Å². The monoisotopic (exact) mass is 472 g/mol. The van der Waals surface area contributed by atoms with Gasteiger partial charge in [-0.3, -0.25) is 0 Å². The molecule has 154 valence electrons. The molecule has 1 unspecified atom stereocenters. The Morgan fingerprint density at radius 2 is 1.38 bits per heavy atom. The molecule has 0 heterocycles. The van der Waals surface area contributed by atoms with Crippen LogP contribution in [0, 0.1) is 0 Å². The second kappa shape index (κ2) is 9.43.